The molecule has 1 atom stereocenters. The average Bonchev–Trinajstić information content (AvgIpc) is 2.29. The van der Waals surface area contributed by atoms with E-state index >= 15 is 0 Å². The quantitative estimate of drug-likeness (QED) is 0.639. The molecule has 0 bridgehead atoms. The van der Waals surface area contributed by atoms with E-state index in [1.165, 1.54) is 31.2 Å². The lowest BCUT2D eigenvalue weighted by Gasteiger charge is -2.03. The summed E-state index contributed by atoms with van der Waals surface area (Å²) in [4.78, 5) is 0. The minimum atomic E-state index is 0.224. The van der Waals surface area contributed by atoms with Gasteiger partial charge in [0.2, 0.25) is 0 Å². The highest BCUT2D eigenvalue weighted by Gasteiger charge is 1.98. The van der Waals surface area contributed by atoms with E-state index in [9.17, 15) is 0 Å². The first-order valence-corrected chi connectivity index (χ1v) is 5.76. The van der Waals surface area contributed by atoms with Gasteiger partial charge in [-0.05, 0) is 31.7 Å². The third kappa shape index (κ3) is 5.22. The fraction of sp³-hybridized carbons (Fsp3) is 0.500. The van der Waals surface area contributed by atoms with Crippen LogP contribution in [0.5, 0.6) is 0 Å². The summed E-state index contributed by atoms with van der Waals surface area (Å²) in [5.41, 5.74) is 1.42. The Labute approximate surface area is 92.7 Å². The molecule has 0 aliphatic rings. The van der Waals surface area contributed by atoms with Crippen LogP contribution < -0.4 is 0 Å². The van der Waals surface area contributed by atoms with Crippen LogP contribution in [-0.2, 0) is 6.42 Å². The number of benzene rings is 1. The van der Waals surface area contributed by atoms with Crippen molar-refractivity contribution in [3.05, 3.63) is 35.9 Å². The molecule has 0 aliphatic heterocycles. The third-order valence-corrected chi connectivity index (χ3v) is 2.67. The summed E-state index contributed by atoms with van der Waals surface area (Å²) in [6.45, 7) is 2.00. The Kier molecular flexibility index (Phi) is 5.55. The zero-order valence-electron chi connectivity index (χ0n) is 9.45. The standard InChI is InChI=1S/C14H19N/c1-13(12-15)8-4-2-5-9-14-10-6-3-7-11-14/h3,6-7,10-11,13H,2,4-5,8-9H2,1H3. The van der Waals surface area contributed by atoms with Crippen LogP contribution in [0.2, 0.25) is 0 Å². The summed E-state index contributed by atoms with van der Waals surface area (Å²) >= 11 is 0. The largest absolute Gasteiger partial charge is 0.198 e. The van der Waals surface area contributed by atoms with Crippen molar-refractivity contribution in [2.75, 3.05) is 0 Å². The van der Waals surface area contributed by atoms with Crippen molar-refractivity contribution in [3.8, 4) is 6.07 Å². The Bertz CT molecular complexity index is 297. The van der Waals surface area contributed by atoms with E-state index in [2.05, 4.69) is 36.4 Å². The maximum absolute atomic E-state index is 8.62. The smallest absolute Gasteiger partial charge is 0.0652 e. The minimum Gasteiger partial charge on any atom is -0.198 e. The molecule has 1 aromatic rings. The van der Waals surface area contributed by atoms with Gasteiger partial charge in [-0.2, -0.15) is 5.26 Å². The highest BCUT2D eigenvalue weighted by atomic mass is 14.3. The highest BCUT2D eigenvalue weighted by molar-refractivity contribution is 5.14. The van der Waals surface area contributed by atoms with Crippen molar-refractivity contribution in [2.45, 2.75) is 39.0 Å². The molecule has 0 radical (unpaired) electrons. The molecule has 1 aromatic carbocycles. The number of hydrogen-bond acceptors (Lipinski definition) is 1. The molecule has 1 nitrogen and oxygen atoms in total. The summed E-state index contributed by atoms with van der Waals surface area (Å²) in [6, 6.07) is 12.9. The molecule has 0 saturated carbocycles. The summed E-state index contributed by atoms with van der Waals surface area (Å²) in [7, 11) is 0. The van der Waals surface area contributed by atoms with Gasteiger partial charge in [-0.25, -0.2) is 0 Å². The number of rotatable bonds is 6. The van der Waals surface area contributed by atoms with E-state index in [4.69, 9.17) is 5.26 Å². The fourth-order valence-electron chi connectivity index (χ4n) is 1.67. The molecule has 0 saturated heterocycles. The summed E-state index contributed by atoms with van der Waals surface area (Å²) in [6.07, 6.45) is 5.87. The van der Waals surface area contributed by atoms with Gasteiger partial charge in [-0.3, -0.25) is 0 Å². The predicted octanol–water partition coefficient (Wildman–Crippen LogP) is 3.95. The molecule has 0 heterocycles. The van der Waals surface area contributed by atoms with Crippen LogP contribution in [0.15, 0.2) is 30.3 Å². The van der Waals surface area contributed by atoms with Crippen molar-refractivity contribution in [2.24, 2.45) is 5.92 Å². The molecule has 1 heteroatoms. The van der Waals surface area contributed by atoms with Crippen LogP contribution in [0, 0.1) is 17.2 Å². The van der Waals surface area contributed by atoms with Gasteiger partial charge < -0.3 is 0 Å². The zero-order chi connectivity index (χ0) is 10.9. The van der Waals surface area contributed by atoms with Crippen molar-refractivity contribution < 1.29 is 0 Å². The van der Waals surface area contributed by atoms with Crippen LogP contribution >= 0.6 is 0 Å². The first-order valence-electron chi connectivity index (χ1n) is 5.76. The Hall–Kier alpha value is -1.29. The van der Waals surface area contributed by atoms with E-state index < -0.39 is 0 Å². The molecular formula is C14H19N. The molecule has 0 amide bonds. The molecule has 1 unspecified atom stereocenters. The Balaban J connectivity index is 2.06. The van der Waals surface area contributed by atoms with Gasteiger partial charge in [0.25, 0.3) is 0 Å². The monoisotopic (exact) mass is 201 g/mol. The predicted molar refractivity (Wildman–Crippen MR) is 63.4 cm³/mol. The molecular weight excluding hydrogens is 182 g/mol. The number of hydrogen-bond donors (Lipinski definition) is 0. The summed E-state index contributed by atoms with van der Waals surface area (Å²) < 4.78 is 0. The van der Waals surface area contributed by atoms with Gasteiger partial charge >= 0.3 is 0 Å². The maximum atomic E-state index is 8.62. The second-order valence-corrected chi connectivity index (χ2v) is 4.12. The van der Waals surface area contributed by atoms with Crippen LogP contribution in [0.25, 0.3) is 0 Å². The third-order valence-electron chi connectivity index (χ3n) is 2.67. The number of aryl methyl sites for hydroxylation is 1. The second-order valence-electron chi connectivity index (χ2n) is 4.12. The van der Waals surface area contributed by atoms with Crippen LogP contribution in [0.1, 0.15) is 38.2 Å². The minimum absolute atomic E-state index is 0.224. The molecule has 1 rings (SSSR count). The second kappa shape index (κ2) is 7.06. The zero-order valence-corrected chi connectivity index (χ0v) is 9.45. The number of nitriles is 1. The molecule has 0 aliphatic carbocycles. The first kappa shape index (κ1) is 11.8. The molecule has 15 heavy (non-hydrogen) atoms. The van der Waals surface area contributed by atoms with E-state index in [-0.39, 0.29) is 5.92 Å². The van der Waals surface area contributed by atoms with Crippen LogP contribution in [0.4, 0.5) is 0 Å². The molecule has 0 N–H and O–H groups in total. The number of unbranched alkanes of at least 4 members (excludes halogenated alkanes) is 2. The van der Waals surface area contributed by atoms with Crippen LogP contribution in [-0.4, -0.2) is 0 Å². The normalized spacial score (nSPS) is 12.0. The molecule has 0 spiro atoms. The highest BCUT2D eigenvalue weighted by Crippen LogP contribution is 2.11. The van der Waals surface area contributed by atoms with Gasteiger partial charge in [0, 0.05) is 5.92 Å². The van der Waals surface area contributed by atoms with Crippen molar-refractivity contribution in [1.82, 2.24) is 0 Å². The Morgan fingerprint density at radius 2 is 1.87 bits per heavy atom. The maximum Gasteiger partial charge on any atom is 0.0652 e. The Morgan fingerprint density at radius 1 is 1.13 bits per heavy atom. The van der Waals surface area contributed by atoms with Crippen LogP contribution in [0.3, 0.4) is 0 Å². The van der Waals surface area contributed by atoms with Crippen molar-refractivity contribution in [3.63, 3.8) is 0 Å². The number of nitrogens with zero attached hydrogens (tertiary/aromatic N) is 1. The van der Waals surface area contributed by atoms with Crippen molar-refractivity contribution >= 4 is 0 Å². The lowest BCUT2D eigenvalue weighted by Crippen LogP contribution is -1.91. The lowest BCUT2D eigenvalue weighted by molar-refractivity contribution is 0.572. The lowest BCUT2D eigenvalue weighted by atomic mass is 10.0. The molecule has 0 fully saturated rings. The van der Waals surface area contributed by atoms with E-state index in [0.29, 0.717) is 0 Å². The average molecular weight is 201 g/mol. The Morgan fingerprint density at radius 3 is 2.53 bits per heavy atom. The first-order chi connectivity index (χ1) is 7.33. The van der Waals surface area contributed by atoms with Gasteiger partial charge in [0.15, 0.2) is 0 Å². The van der Waals surface area contributed by atoms with Gasteiger partial charge in [-0.1, -0.05) is 43.2 Å². The van der Waals surface area contributed by atoms with Gasteiger partial charge in [0.1, 0.15) is 0 Å². The van der Waals surface area contributed by atoms with Gasteiger partial charge in [-0.15, -0.1) is 0 Å². The fourth-order valence-corrected chi connectivity index (χ4v) is 1.67. The molecule has 0 aromatic heterocycles. The van der Waals surface area contributed by atoms with Crippen molar-refractivity contribution in [1.29, 1.82) is 5.26 Å². The SMILES string of the molecule is CC(C#N)CCCCCc1ccccc1. The van der Waals surface area contributed by atoms with E-state index in [0.717, 1.165) is 6.42 Å². The van der Waals surface area contributed by atoms with Gasteiger partial charge in [0.05, 0.1) is 6.07 Å². The van der Waals surface area contributed by atoms with E-state index in [1.54, 1.807) is 0 Å². The van der Waals surface area contributed by atoms with E-state index in [1.807, 2.05) is 6.92 Å². The summed E-state index contributed by atoms with van der Waals surface area (Å²) in [5.74, 6) is 0.224. The topological polar surface area (TPSA) is 23.8 Å². The molecule has 80 valence electrons. The summed E-state index contributed by atoms with van der Waals surface area (Å²) in [5, 5.41) is 8.62.